The monoisotopic (exact) mass is 291 g/mol. The van der Waals surface area contributed by atoms with E-state index in [-0.39, 0.29) is 0 Å². The number of rotatable bonds is 3. The first-order valence-electron chi connectivity index (χ1n) is 6.56. The van der Waals surface area contributed by atoms with E-state index in [4.69, 9.17) is 8.94 Å². The Hall–Kier alpha value is -2.57. The molecule has 2 rings (SSSR count). The molecule has 7 heteroatoms. The second-order valence-corrected chi connectivity index (χ2v) is 4.65. The zero-order valence-corrected chi connectivity index (χ0v) is 12.4. The molecule has 0 unspecified atom stereocenters. The number of hydrazine groups is 1. The van der Waals surface area contributed by atoms with Crippen molar-refractivity contribution in [2.75, 3.05) is 0 Å². The molecule has 0 bridgehead atoms. The fraction of sp³-hybridized carbons (Fsp3) is 0.357. The highest BCUT2D eigenvalue weighted by Crippen LogP contribution is 2.14. The number of furan rings is 1. The third-order valence-corrected chi connectivity index (χ3v) is 3.07. The van der Waals surface area contributed by atoms with Crippen LogP contribution < -0.4 is 10.9 Å². The third kappa shape index (κ3) is 2.96. The van der Waals surface area contributed by atoms with Crippen LogP contribution in [0.2, 0.25) is 0 Å². The van der Waals surface area contributed by atoms with E-state index in [0.29, 0.717) is 40.5 Å². The van der Waals surface area contributed by atoms with Crippen molar-refractivity contribution < 1.29 is 18.5 Å². The maximum Gasteiger partial charge on any atom is 0.275 e. The Morgan fingerprint density at radius 3 is 2.38 bits per heavy atom. The van der Waals surface area contributed by atoms with Gasteiger partial charge in [0, 0.05) is 0 Å². The molecule has 0 aliphatic rings. The molecule has 0 saturated heterocycles. The zero-order chi connectivity index (χ0) is 15.6. The molecule has 2 amide bonds. The first kappa shape index (κ1) is 14.8. The van der Waals surface area contributed by atoms with Gasteiger partial charge in [-0.05, 0) is 33.3 Å². The molecule has 2 aromatic heterocycles. The Bertz CT molecular complexity index is 684. The van der Waals surface area contributed by atoms with Gasteiger partial charge in [0.2, 0.25) is 0 Å². The van der Waals surface area contributed by atoms with Crippen molar-refractivity contribution in [2.24, 2.45) is 0 Å². The van der Waals surface area contributed by atoms with Crippen LogP contribution in [0.4, 0.5) is 0 Å². The number of carbonyl (C=O) groups is 2. The van der Waals surface area contributed by atoms with Crippen LogP contribution in [-0.2, 0) is 6.42 Å². The Balaban J connectivity index is 2.06. The zero-order valence-electron chi connectivity index (χ0n) is 12.4. The van der Waals surface area contributed by atoms with Gasteiger partial charge in [-0.15, -0.1) is 0 Å². The maximum absolute atomic E-state index is 12.1. The second kappa shape index (κ2) is 5.82. The minimum atomic E-state index is -0.461. The second-order valence-electron chi connectivity index (χ2n) is 4.65. The van der Waals surface area contributed by atoms with Crippen molar-refractivity contribution >= 4 is 11.8 Å². The number of hydrogen-bond donors (Lipinski definition) is 2. The lowest BCUT2D eigenvalue weighted by atomic mass is 10.1. The van der Waals surface area contributed by atoms with Crippen molar-refractivity contribution in [3.63, 3.8) is 0 Å². The van der Waals surface area contributed by atoms with Gasteiger partial charge in [0.25, 0.3) is 11.8 Å². The molecule has 2 N–H and O–H groups in total. The third-order valence-electron chi connectivity index (χ3n) is 3.07. The van der Waals surface area contributed by atoms with E-state index >= 15 is 0 Å². The van der Waals surface area contributed by atoms with Gasteiger partial charge in [-0.3, -0.25) is 20.4 Å². The summed E-state index contributed by atoms with van der Waals surface area (Å²) in [4.78, 5) is 24.1. The Morgan fingerprint density at radius 2 is 1.81 bits per heavy atom. The highest BCUT2D eigenvalue weighted by molar-refractivity contribution is 6.00. The standard InChI is InChI=1S/C14H17N3O4/c1-5-11-12(9(4)21-17-11)14(19)16-15-13(18)10-6-7(2)20-8(10)3/h6H,5H2,1-4H3,(H,15,18)(H,16,19). The lowest BCUT2D eigenvalue weighted by Crippen LogP contribution is -2.42. The van der Waals surface area contributed by atoms with Crippen LogP contribution in [-0.4, -0.2) is 17.0 Å². The van der Waals surface area contributed by atoms with E-state index in [1.165, 1.54) is 0 Å². The number of aromatic nitrogens is 1. The van der Waals surface area contributed by atoms with Crippen molar-refractivity contribution in [3.8, 4) is 0 Å². The van der Waals surface area contributed by atoms with Crippen LogP contribution in [0.1, 0.15) is 50.6 Å². The summed E-state index contributed by atoms with van der Waals surface area (Å²) in [5.74, 6) is 0.636. The molecule has 0 saturated carbocycles. The Morgan fingerprint density at radius 1 is 1.14 bits per heavy atom. The highest BCUT2D eigenvalue weighted by atomic mass is 16.5. The summed E-state index contributed by atoms with van der Waals surface area (Å²) in [6.07, 6.45) is 0.564. The first-order chi connectivity index (χ1) is 9.93. The number of nitrogens with zero attached hydrogens (tertiary/aromatic N) is 1. The van der Waals surface area contributed by atoms with E-state index < -0.39 is 11.8 Å². The summed E-state index contributed by atoms with van der Waals surface area (Å²) in [5, 5.41) is 3.79. The van der Waals surface area contributed by atoms with E-state index in [2.05, 4.69) is 16.0 Å². The molecular weight excluding hydrogens is 274 g/mol. The molecule has 0 fully saturated rings. The van der Waals surface area contributed by atoms with Gasteiger partial charge in [0.15, 0.2) is 0 Å². The number of aryl methyl sites for hydroxylation is 4. The molecule has 0 radical (unpaired) electrons. The van der Waals surface area contributed by atoms with Crippen molar-refractivity contribution in [2.45, 2.75) is 34.1 Å². The average Bonchev–Trinajstić information content (AvgIpc) is 2.98. The SMILES string of the molecule is CCc1noc(C)c1C(=O)NNC(=O)c1cc(C)oc1C. The van der Waals surface area contributed by atoms with Gasteiger partial charge in [0.1, 0.15) is 22.8 Å². The Labute approximate surface area is 121 Å². The molecule has 2 aromatic rings. The number of amides is 2. The minimum absolute atomic E-state index is 0.345. The predicted molar refractivity (Wildman–Crippen MR) is 73.7 cm³/mol. The first-order valence-corrected chi connectivity index (χ1v) is 6.56. The smallest absolute Gasteiger partial charge is 0.275 e. The largest absolute Gasteiger partial charge is 0.466 e. The van der Waals surface area contributed by atoms with Gasteiger partial charge in [-0.25, -0.2) is 0 Å². The Kier molecular flexibility index (Phi) is 4.11. The summed E-state index contributed by atoms with van der Waals surface area (Å²) < 4.78 is 10.3. The minimum Gasteiger partial charge on any atom is -0.466 e. The fourth-order valence-corrected chi connectivity index (χ4v) is 2.05. The summed E-state index contributed by atoms with van der Waals surface area (Å²) in [6, 6.07) is 1.61. The summed E-state index contributed by atoms with van der Waals surface area (Å²) in [5.41, 5.74) is 5.98. The molecule has 0 aromatic carbocycles. The molecular formula is C14H17N3O4. The van der Waals surface area contributed by atoms with Gasteiger partial charge in [0.05, 0.1) is 11.3 Å². The van der Waals surface area contributed by atoms with E-state index in [1.54, 1.807) is 26.8 Å². The molecule has 0 aliphatic heterocycles. The molecule has 7 nitrogen and oxygen atoms in total. The lowest BCUT2D eigenvalue weighted by Gasteiger charge is -2.06. The van der Waals surface area contributed by atoms with Gasteiger partial charge < -0.3 is 8.94 Å². The predicted octanol–water partition coefficient (Wildman–Crippen LogP) is 1.83. The molecule has 112 valence electrons. The molecule has 21 heavy (non-hydrogen) atoms. The molecule has 0 atom stereocenters. The number of nitrogens with one attached hydrogen (secondary N) is 2. The van der Waals surface area contributed by atoms with Crippen molar-refractivity contribution in [1.29, 1.82) is 0 Å². The lowest BCUT2D eigenvalue weighted by molar-refractivity contribution is 0.0844. The van der Waals surface area contributed by atoms with E-state index in [1.807, 2.05) is 6.92 Å². The highest BCUT2D eigenvalue weighted by Gasteiger charge is 2.20. The number of hydrogen-bond acceptors (Lipinski definition) is 5. The normalized spacial score (nSPS) is 10.5. The van der Waals surface area contributed by atoms with Crippen LogP contribution in [0.5, 0.6) is 0 Å². The number of carbonyl (C=O) groups excluding carboxylic acids is 2. The van der Waals surface area contributed by atoms with E-state index in [0.717, 1.165) is 0 Å². The summed E-state index contributed by atoms with van der Waals surface area (Å²) in [7, 11) is 0. The average molecular weight is 291 g/mol. The van der Waals surface area contributed by atoms with Crippen LogP contribution in [0.15, 0.2) is 15.0 Å². The fourth-order valence-electron chi connectivity index (χ4n) is 2.05. The van der Waals surface area contributed by atoms with Gasteiger partial charge >= 0.3 is 0 Å². The van der Waals surface area contributed by atoms with Crippen LogP contribution in [0.25, 0.3) is 0 Å². The summed E-state index contributed by atoms with van der Waals surface area (Å²) in [6.45, 7) is 6.94. The topological polar surface area (TPSA) is 97.4 Å². The molecule has 0 spiro atoms. The summed E-state index contributed by atoms with van der Waals surface area (Å²) >= 11 is 0. The quantitative estimate of drug-likeness (QED) is 0.841. The van der Waals surface area contributed by atoms with Crippen molar-refractivity contribution in [1.82, 2.24) is 16.0 Å². The molecule has 0 aliphatic carbocycles. The van der Waals surface area contributed by atoms with E-state index in [9.17, 15) is 9.59 Å². The van der Waals surface area contributed by atoms with Crippen LogP contribution in [0, 0.1) is 20.8 Å². The van der Waals surface area contributed by atoms with Crippen molar-refractivity contribution in [3.05, 3.63) is 40.2 Å². The van der Waals surface area contributed by atoms with Crippen LogP contribution in [0.3, 0.4) is 0 Å². The van der Waals surface area contributed by atoms with Gasteiger partial charge in [-0.2, -0.15) is 0 Å². The molecule has 2 heterocycles. The van der Waals surface area contributed by atoms with Crippen LogP contribution >= 0.6 is 0 Å². The maximum atomic E-state index is 12.1. The van der Waals surface area contributed by atoms with Gasteiger partial charge in [-0.1, -0.05) is 12.1 Å².